The molecule has 0 aromatic heterocycles. The van der Waals surface area contributed by atoms with Crippen LogP contribution in [0, 0.1) is 0 Å². The summed E-state index contributed by atoms with van der Waals surface area (Å²) in [5.74, 6) is 0.293. The molecule has 82 valence electrons. The summed E-state index contributed by atoms with van der Waals surface area (Å²) in [6.07, 6.45) is 3.79. The Labute approximate surface area is 95.5 Å². The summed E-state index contributed by atoms with van der Waals surface area (Å²) < 4.78 is 0. The highest BCUT2D eigenvalue weighted by Gasteiger charge is 2.19. The number of benzene rings is 1. The van der Waals surface area contributed by atoms with Crippen LogP contribution in [0.25, 0.3) is 0 Å². The van der Waals surface area contributed by atoms with Crippen molar-refractivity contribution >= 4 is 11.6 Å². The van der Waals surface area contributed by atoms with Crippen LogP contribution in [-0.4, -0.2) is 23.1 Å². The van der Waals surface area contributed by atoms with Gasteiger partial charge in [-0.15, -0.1) is 11.6 Å². The lowest BCUT2D eigenvalue weighted by molar-refractivity contribution is 0.211. The van der Waals surface area contributed by atoms with E-state index in [0.29, 0.717) is 5.75 Å². The average molecular weight is 226 g/mol. The Bertz CT molecular complexity index is 306. The minimum absolute atomic E-state index is 0.0501. The second-order valence-corrected chi connectivity index (χ2v) is 4.44. The summed E-state index contributed by atoms with van der Waals surface area (Å²) in [7, 11) is 0. The van der Waals surface area contributed by atoms with Crippen molar-refractivity contribution in [3.05, 3.63) is 29.8 Å². The fraction of sp³-hybridized carbons (Fsp3) is 0.500. The topological polar surface area (TPSA) is 23.5 Å². The first kappa shape index (κ1) is 10.8. The van der Waals surface area contributed by atoms with E-state index in [1.165, 1.54) is 19.3 Å². The summed E-state index contributed by atoms with van der Waals surface area (Å²) in [5, 5.41) is 9.19. The Morgan fingerprint density at radius 1 is 1.07 bits per heavy atom. The van der Waals surface area contributed by atoms with Gasteiger partial charge in [-0.25, -0.2) is 0 Å². The molecule has 0 bridgehead atoms. The van der Waals surface area contributed by atoms with Crippen molar-refractivity contribution in [3.63, 3.8) is 0 Å². The molecule has 3 heteroatoms. The van der Waals surface area contributed by atoms with Gasteiger partial charge in [-0.05, 0) is 43.6 Å². The van der Waals surface area contributed by atoms with Crippen LogP contribution in [0.3, 0.4) is 0 Å². The van der Waals surface area contributed by atoms with Gasteiger partial charge >= 0.3 is 0 Å². The smallest absolute Gasteiger partial charge is 0.115 e. The molecule has 0 aliphatic carbocycles. The van der Waals surface area contributed by atoms with Crippen LogP contribution >= 0.6 is 11.6 Å². The molecule has 1 atom stereocenters. The van der Waals surface area contributed by atoms with E-state index < -0.39 is 0 Å². The SMILES string of the molecule is Oc1ccc(C(Cl)N2CCCCC2)cc1. The summed E-state index contributed by atoms with van der Waals surface area (Å²) in [6.45, 7) is 2.16. The summed E-state index contributed by atoms with van der Waals surface area (Å²) in [5.41, 5.74) is 1.02. The highest BCUT2D eigenvalue weighted by Crippen LogP contribution is 2.28. The minimum atomic E-state index is -0.0501. The van der Waals surface area contributed by atoms with E-state index >= 15 is 0 Å². The molecule has 0 spiro atoms. The Morgan fingerprint density at radius 2 is 1.67 bits per heavy atom. The number of nitrogens with zero attached hydrogens (tertiary/aromatic N) is 1. The van der Waals surface area contributed by atoms with Gasteiger partial charge in [-0.2, -0.15) is 0 Å². The van der Waals surface area contributed by atoms with E-state index in [1.807, 2.05) is 12.1 Å². The fourth-order valence-corrected chi connectivity index (χ4v) is 2.33. The van der Waals surface area contributed by atoms with Crippen LogP contribution in [0.5, 0.6) is 5.75 Å². The number of piperidine rings is 1. The van der Waals surface area contributed by atoms with Crippen LogP contribution in [-0.2, 0) is 0 Å². The van der Waals surface area contributed by atoms with Gasteiger partial charge in [0.05, 0.1) is 0 Å². The van der Waals surface area contributed by atoms with E-state index in [-0.39, 0.29) is 5.50 Å². The van der Waals surface area contributed by atoms with Gasteiger partial charge in [-0.3, -0.25) is 4.90 Å². The van der Waals surface area contributed by atoms with E-state index in [4.69, 9.17) is 11.6 Å². The molecule has 0 amide bonds. The number of aromatic hydroxyl groups is 1. The molecule has 2 rings (SSSR count). The molecule has 1 aliphatic heterocycles. The zero-order valence-corrected chi connectivity index (χ0v) is 9.45. The third kappa shape index (κ3) is 2.64. The highest BCUT2D eigenvalue weighted by molar-refractivity contribution is 6.20. The van der Waals surface area contributed by atoms with Gasteiger partial charge in [0.2, 0.25) is 0 Å². The van der Waals surface area contributed by atoms with Crippen LogP contribution in [0.15, 0.2) is 24.3 Å². The molecule has 1 aromatic rings. The highest BCUT2D eigenvalue weighted by atomic mass is 35.5. The molecular formula is C12H16ClNO. The van der Waals surface area contributed by atoms with Crippen molar-refractivity contribution < 1.29 is 5.11 Å². The Hall–Kier alpha value is -0.730. The molecule has 1 unspecified atom stereocenters. The molecule has 0 saturated carbocycles. The van der Waals surface area contributed by atoms with E-state index in [1.54, 1.807) is 12.1 Å². The number of hydrogen-bond donors (Lipinski definition) is 1. The largest absolute Gasteiger partial charge is 0.508 e. The van der Waals surface area contributed by atoms with Crippen LogP contribution in [0.1, 0.15) is 30.3 Å². The van der Waals surface area contributed by atoms with Crippen molar-refractivity contribution in [2.45, 2.75) is 24.8 Å². The molecule has 1 saturated heterocycles. The molecule has 15 heavy (non-hydrogen) atoms. The minimum Gasteiger partial charge on any atom is -0.508 e. The fourth-order valence-electron chi connectivity index (χ4n) is 1.99. The predicted molar refractivity (Wildman–Crippen MR) is 62.1 cm³/mol. The van der Waals surface area contributed by atoms with Gasteiger partial charge in [0.15, 0.2) is 0 Å². The van der Waals surface area contributed by atoms with Crippen molar-refractivity contribution in [2.75, 3.05) is 13.1 Å². The van der Waals surface area contributed by atoms with Crippen LogP contribution in [0.2, 0.25) is 0 Å². The second-order valence-electron chi connectivity index (χ2n) is 4.02. The Kier molecular flexibility index (Phi) is 3.49. The monoisotopic (exact) mass is 225 g/mol. The number of phenolic OH excluding ortho intramolecular Hbond substituents is 1. The molecule has 1 N–H and O–H groups in total. The van der Waals surface area contributed by atoms with Crippen molar-refractivity contribution in [1.82, 2.24) is 4.90 Å². The third-order valence-electron chi connectivity index (χ3n) is 2.88. The molecule has 1 heterocycles. The second kappa shape index (κ2) is 4.86. The Balaban J connectivity index is 2.05. The predicted octanol–water partition coefficient (Wildman–Crippen LogP) is 3.12. The molecule has 1 aliphatic rings. The maximum Gasteiger partial charge on any atom is 0.115 e. The first-order valence-electron chi connectivity index (χ1n) is 5.44. The molecule has 1 fully saturated rings. The molecule has 2 nitrogen and oxygen atoms in total. The van der Waals surface area contributed by atoms with E-state index in [0.717, 1.165) is 18.7 Å². The lowest BCUT2D eigenvalue weighted by Gasteiger charge is -2.30. The first-order valence-corrected chi connectivity index (χ1v) is 5.88. The number of hydrogen-bond acceptors (Lipinski definition) is 2. The van der Waals surface area contributed by atoms with Crippen LogP contribution in [0.4, 0.5) is 0 Å². The molecular weight excluding hydrogens is 210 g/mol. The standard InChI is InChI=1S/C12H16ClNO/c13-12(14-8-2-1-3-9-14)10-4-6-11(15)7-5-10/h4-7,12,15H,1-3,8-9H2. The number of phenols is 1. The average Bonchev–Trinajstić information content (AvgIpc) is 2.30. The molecule has 0 radical (unpaired) electrons. The van der Waals surface area contributed by atoms with E-state index in [9.17, 15) is 5.11 Å². The van der Waals surface area contributed by atoms with E-state index in [2.05, 4.69) is 4.90 Å². The lowest BCUT2D eigenvalue weighted by Crippen LogP contribution is -2.31. The summed E-state index contributed by atoms with van der Waals surface area (Å²) in [4.78, 5) is 2.29. The van der Waals surface area contributed by atoms with Crippen molar-refractivity contribution in [1.29, 1.82) is 0 Å². The lowest BCUT2D eigenvalue weighted by atomic mass is 10.1. The van der Waals surface area contributed by atoms with Gasteiger partial charge in [0, 0.05) is 0 Å². The van der Waals surface area contributed by atoms with Gasteiger partial charge < -0.3 is 5.11 Å². The summed E-state index contributed by atoms with van der Waals surface area (Å²) >= 11 is 6.38. The van der Waals surface area contributed by atoms with Crippen LogP contribution < -0.4 is 0 Å². The van der Waals surface area contributed by atoms with Crippen molar-refractivity contribution in [2.24, 2.45) is 0 Å². The zero-order valence-electron chi connectivity index (χ0n) is 8.69. The maximum atomic E-state index is 9.19. The van der Waals surface area contributed by atoms with Gasteiger partial charge in [0.25, 0.3) is 0 Å². The van der Waals surface area contributed by atoms with Crippen molar-refractivity contribution in [3.8, 4) is 5.75 Å². The number of alkyl halides is 1. The van der Waals surface area contributed by atoms with Gasteiger partial charge in [-0.1, -0.05) is 18.6 Å². The van der Waals surface area contributed by atoms with Gasteiger partial charge in [0.1, 0.15) is 11.3 Å². The quantitative estimate of drug-likeness (QED) is 0.618. The third-order valence-corrected chi connectivity index (χ3v) is 3.41. The number of likely N-dealkylation sites (tertiary alicyclic amines) is 1. The number of rotatable bonds is 2. The normalized spacial score (nSPS) is 20.1. The summed E-state index contributed by atoms with van der Waals surface area (Å²) in [6, 6.07) is 7.16. The Morgan fingerprint density at radius 3 is 2.27 bits per heavy atom. The zero-order chi connectivity index (χ0) is 10.7. The maximum absolute atomic E-state index is 9.19. The number of halogens is 1. The molecule has 1 aromatic carbocycles. The first-order chi connectivity index (χ1) is 7.27.